The van der Waals surface area contributed by atoms with Gasteiger partial charge in [-0.1, -0.05) is 250 Å². The molecule has 12 rings (SSSR count). The predicted molar refractivity (Wildman–Crippen MR) is 397 cm³/mol. The van der Waals surface area contributed by atoms with Gasteiger partial charge in [0.1, 0.15) is 0 Å². The zero-order valence-corrected chi connectivity index (χ0v) is 58.3. The normalized spacial score (nSPS) is 12.8. The van der Waals surface area contributed by atoms with Crippen molar-refractivity contribution in [2.24, 2.45) is 15.0 Å². The summed E-state index contributed by atoms with van der Waals surface area (Å²) in [7, 11) is 0. The van der Waals surface area contributed by atoms with E-state index in [-0.39, 0.29) is 35.4 Å². The molecule has 3 amide bonds. The summed E-state index contributed by atoms with van der Waals surface area (Å²) >= 11 is 3.30. The second-order valence-corrected chi connectivity index (χ2v) is 27.3. The Kier molecular flexibility index (Phi) is 25.0. The van der Waals surface area contributed by atoms with E-state index in [1.54, 1.807) is 23.5 Å². The van der Waals surface area contributed by atoms with Crippen LogP contribution in [-0.4, -0.2) is 77.6 Å². The van der Waals surface area contributed by atoms with E-state index in [4.69, 9.17) is 0 Å². The summed E-state index contributed by atoms with van der Waals surface area (Å²) in [5, 5.41) is 31.8. The highest BCUT2D eigenvalue weighted by Gasteiger charge is 2.36. The second-order valence-electron chi connectivity index (χ2n) is 25.5. The van der Waals surface area contributed by atoms with Crippen LogP contribution in [0, 0.1) is 13.8 Å². The van der Waals surface area contributed by atoms with E-state index in [1.165, 1.54) is 140 Å². The quantitative estimate of drug-likeness (QED) is 0.0189. The van der Waals surface area contributed by atoms with Gasteiger partial charge in [0.15, 0.2) is 17.6 Å². The number of fused-ring (bicyclic) bond motifs is 3. The summed E-state index contributed by atoms with van der Waals surface area (Å²) < 4.78 is 0. The van der Waals surface area contributed by atoms with E-state index in [0.29, 0.717) is 67.6 Å². The number of carbonyl (C=O) groups excluding carboxylic acids is 3. The first kappa shape index (κ1) is 70.1. The van der Waals surface area contributed by atoms with Gasteiger partial charge in [-0.05, 0) is 116 Å². The average molecular weight is 1320 g/mol. The molecule has 0 bridgehead atoms. The Morgan fingerprint density at radius 1 is 0.333 bits per heavy atom. The fourth-order valence-electron chi connectivity index (χ4n) is 13.1. The number of hydrogen-bond acceptors (Lipinski definition) is 8. The molecular formula is C82H92N6O6S2. The molecule has 6 aromatic carbocycles. The van der Waals surface area contributed by atoms with Crippen molar-refractivity contribution in [1.82, 2.24) is 15.0 Å². The van der Waals surface area contributed by atoms with Gasteiger partial charge < -0.3 is 30.3 Å². The maximum atomic E-state index is 13.1. The molecule has 3 aliphatic heterocycles. The Morgan fingerprint density at radius 3 is 0.979 bits per heavy atom. The summed E-state index contributed by atoms with van der Waals surface area (Å²) in [5.41, 5.74) is 16.2. The summed E-state index contributed by atoms with van der Waals surface area (Å²) in [6.07, 6.45) is 33.0. The maximum absolute atomic E-state index is 13.1. The minimum Gasteiger partial charge on any atom is -0.494 e. The molecule has 0 radical (unpaired) electrons. The number of carbonyl (C=O) groups is 3. The van der Waals surface area contributed by atoms with Gasteiger partial charge in [0.2, 0.25) is 0 Å². The first-order valence-electron chi connectivity index (χ1n) is 34.6. The van der Waals surface area contributed by atoms with Gasteiger partial charge >= 0.3 is 0 Å². The van der Waals surface area contributed by atoms with E-state index in [9.17, 15) is 29.7 Å². The van der Waals surface area contributed by atoms with Crippen molar-refractivity contribution in [3.63, 3.8) is 0 Å². The molecule has 12 nitrogen and oxygen atoms in total. The van der Waals surface area contributed by atoms with Crippen molar-refractivity contribution in [3.8, 4) is 51.4 Å². The lowest BCUT2D eigenvalue weighted by molar-refractivity contribution is 0.0998. The summed E-state index contributed by atoms with van der Waals surface area (Å²) in [6.45, 7) is 8.52. The van der Waals surface area contributed by atoms with E-state index >= 15 is 0 Å². The molecule has 9 aromatic rings. The van der Waals surface area contributed by atoms with Crippen LogP contribution in [0.5, 0.6) is 17.6 Å². The molecule has 3 aliphatic rings. The Labute approximate surface area is 575 Å². The summed E-state index contributed by atoms with van der Waals surface area (Å²) in [5.74, 6) is -0.979. The van der Waals surface area contributed by atoms with Crippen molar-refractivity contribution < 1.29 is 29.7 Å². The number of rotatable bonds is 30. The minimum atomic E-state index is -0.329. The van der Waals surface area contributed by atoms with Gasteiger partial charge in [-0.15, -0.1) is 23.5 Å². The number of unbranched alkanes of at least 4 members (excludes halogenated alkanes) is 18. The number of aromatic hydroxyl groups is 3. The van der Waals surface area contributed by atoms with Crippen molar-refractivity contribution in [3.05, 3.63) is 218 Å². The molecule has 6 heterocycles. The monoisotopic (exact) mass is 1320 g/mol. The van der Waals surface area contributed by atoms with Crippen LogP contribution in [0.1, 0.15) is 229 Å². The van der Waals surface area contributed by atoms with Crippen LogP contribution >= 0.6 is 23.5 Å². The second kappa shape index (κ2) is 34.3. The Morgan fingerprint density at radius 2 is 0.625 bits per heavy atom. The Balaban J connectivity index is 0.000000169. The topological polar surface area (TPSA) is 196 Å². The number of nitrogens with zero attached hydrogens (tertiary/aromatic N) is 3. The number of aromatic amines is 3. The highest BCUT2D eigenvalue weighted by atomic mass is 32.2. The lowest BCUT2D eigenvalue weighted by atomic mass is 9.97. The standard InChI is InChI=1S/C42H60N2O2.C20H16N2O2S2.C20H16N2O2/c1-3-5-7-9-11-13-15-17-19-21-23-33-25-29-35(30-26-33)39-37-38(42(46)43-39)40(44-41(37)45)36-31-27-34(28-32-36)24-22-20-18-16-14-12-10-8-6-4-2;1-25-13-7-3-11(4-8-13)17-15-16(20(24)21-17)18(22-19(15)23)12-5-9-14(26-2)10-6-12;1-11-5-3-7-13(9-11)17-15-16(20(24)21-17)18(22-19(15)23)14-8-4-6-12(2)10-14/h25-32,43,46H,3-24H2,1-2H3;3-10,21,24H,1-2H3;3-10,21,24H,1-2H3. The van der Waals surface area contributed by atoms with Gasteiger partial charge in [0.05, 0.1) is 67.6 Å². The zero-order valence-electron chi connectivity index (χ0n) is 56.6. The van der Waals surface area contributed by atoms with Gasteiger partial charge in [-0.3, -0.25) is 14.4 Å². The summed E-state index contributed by atoms with van der Waals surface area (Å²) in [6, 6.07) is 48.0. The molecule has 96 heavy (non-hydrogen) atoms. The Bertz CT molecular complexity index is 4230. The first-order chi connectivity index (χ1) is 46.8. The number of hydrogen-bond donors (Lipinski definition) is 6. The third-order valence-corrected chi connectivity index (χ3v) is 19.9. The van der Waals surface area contributed by atoms with Crippen LogP contribution in [0.4, 0.5) is 0 Å². The van der Waals surface area contributed by atoms with Gasteiger partial charge in [0, 0.05) is 26.5 Å². The smallest absolute Gasteiger partial charge is 0.280 e. The number of aryl methyl sites for hydroxylation is 4. The van der Waals surface area contributed by atoms with Gasteiger partial charge in [-0.25, -0.2) is 15.0 Å². The fourth-order valence-corrected chi connectivity index (χ4v) is 13.9. The van der Waals surface area contributed by atoms with Crippen molar-refractivity contribution in [2.45, 2.75) is 179 Å². The van der Waals surface area contributed by atoms with E-state index in [2.05, 4.69) is 80.2 Å². The van der Waals surface area contributed by atoms with Crippen LogP contribution in [0.3, 0.4) is 0 Å². The molecule has 3 aromatic heterocycles. The van der Waals surface area contributed by atoms with E-state index < -0.39 is 0 Å². The third kappa shape index (κ3) is 17.3. The van der Waals surface area contributed by atoms with Crippen LogP contribution < -0.4 is 0 Å². The molecule has 0 saturated carbocycles. The number of aliphatic imine (C=N–C) groups is 3. The zero-order chi connectivity index (χ0) is 67.5. The Hall–Kier alpha value is -8.72. The molecule has 0 fully saturated rings. The first-order valence-corrected chi connectivity index (χ1v) is 37.1. The molecule has 0 spiro atoms. The van der Waals surface area contributed by atoms with Crippen molar-refractivity contribution in [2.75, 3.05) is 12.5 Å². The molecule has 0 aliphatic carbocycles. The van der Waals surface area contributed by atoms with Crippen LogP contribution in [0.2, 0.25) is 0 Å². The number of H-pyrrole nitrogens is 3. The highest BCUT2D eigenvalue weighted by Crippen LogP contribution is 2.42. The molecule has 0 atom stereocenters. The van der Waals surface area contributed by atoms with Gasteiger partial charge in [0.25, 0.3) is 17.7 Å². The van der Waals surface area contributed by atoms with E-state index in [0.717, 1.165) is 67.1 Å². The lowest BCUT2D eigenvalue weighted by Crippen LogP contribution is -2.00. The van der Waals surface area contributed by atoms with E-state index in [1.807, 2.05) is 136 Å². The molecule has 14 heteroatoms. The summed E-state index contributed by atoms with van der Waals surface area (Å²) in [4.78, 5) is 62.3. The minimum absolute atomic E-state index is 0.0125. The molecule has 6 N–H and O–H groups in total. The molecule has 0 unspecified atom stereocenters. The maximum Gasteiger partial charge on any atom is 0.280 e. The molecule has 498 valence electrons. The largest absolute Gasteiger partial charge is 0.494 e. The van der Waals surface area contributed by atoms with Crippen LogP contribution in [0.15, 0.2) is 170 Å². The number of aromatic nitrogens is 3. The SMILES string of the molecule is CCCCCCCCCCCCc1ccc(C2=NC(=O)c3c(-c4ccc(CCCCCCCCCCCC)cc4)[nH]c(O)c32)cc1.CSc1ccc(C2=NC(=O)c3c(-c4ccc(SC)cc4)[nH]c(O)c32)cc1.Cc1cccc(C2=NC(=O)c3c(-c4cccc(C)c4)[nH]c(O)c32)c1. The predicted octanol–water partition coefficient (Wildman–Crippen LogP) is 21.1. The van der Waals surface area contributed by atoms with Crippen LogP contribution in [0.25, 0.3) is 33.8 Å². The number of benzene rings is 6. The number of amides is 3. The number of thioether (sulfide) groups is 2. The van der Waals surface area contributed by atoms with Crippen molar-refractivity contribution in [1.29, 1.82) is 0 Å². The van der Waals surface area contributed by atoms with Crippen LogP contribution in [-0.2, 0) is 12.8 Å². The van der Waals surface area contributed by atoms with Crippen molar-refractivity contribution >= 4 is 58.4 Å². The van der Waals surface area contributed by atoms with Gasteiger partial charge in [-0.2, -0.15) is 0 Å². The fraction of sp³-hybridized carbons (Fsp3) is 0.341. The lowest BCUT2D eigenvalue weighted by Gasteiger charge is -2.05. The third-order valence-electron chi connectivity index (χ3n) is 18.4. The average Bonchev–Trinajstić information content (AvgIpc) is 1.62. The molecule has 0 saturated heterocycles. The molecular weight excluding hydrogens is 1230 g/mol. The highest BCUT2D eigenvalue weighted by molar-refractivity contribution is 7.98. The number of nitrogens with one attached hydrogen (secondary N) is 3.